The molecule has 1 N–H and O–H groups in total. The summed E-state index contributed by atoms with van der Waals surface area (Å²) in [4.78, 5) is 2.07. The largest absolute Gasteiger partial charge is 0.371 e. The van der Waals surface area contributed by atoms with E-state index in [1.54, 1.807) is 0 Å². The monoisotopic (exact) mass is 252 g/mol. The van der Waals surface area contributed by atoms with Gasteiger partial charge in [-0.3, -0.25) is 0 Å². The van der Waals surface area contributed by atoms with Gasteiger partial charge in [0.2, 0.25) is 0 Å². The highest BCUT2D eigenvalue weighted by Gasteiger charge is 2.26. The molecule has 1 heterocycles. The molecule has 1 aliphatic heterocycles. The summed E-state index contributed by atoms with van der Waals surface area (Å²) in [5.74, 6) is -0.397. The van der Waals surface area contributed by atoms with Gasteiger partial charge in [0.1, 0.15) is 11.6 Å². The zero-order chi connectivity index (χ0) is 12.5. The molecule has 1 atom stereocenters. The molecule has 1 aliphatic carbocycles. The Morgan fingerprint density at radius 2 is 1.83 bits per heavy atom. The van der Waals surface area contributed by atoms with Gasteiger partial charge in [0.15, 0.2) is 0 Å². The smallest absolute Gasteiger partial charge is 0.128 e. The molecule has 1 unspecified atom stereocenters. The maximum atomic E-state index is 13.2. The van der Waals surface area contributed by atoms with Crippen LogP contribution in [0.3, 0.4) is 0 Å². The molecule has 0 bridgehead atoms. The van der Waals surface area contributed by atoms with Crippen LogP contribution in [0, 0.1) is 17.6 Å². The molecule has 4 heteroatoms. The van der Waals surface area contributed by atoms with Gasteiger partial charge < -0.3 is 10.2 Å². The van der Waals surface area contributed by atoms with Gasteiger partial charge in [-0.2, -0.15) is 0 Å². The van der Waals surface area contributed by atoms with Crippen molar-refractivity contribution in [3.63, 3.8) is 0 Å². The Morgan fingerprint density at radius 1 is 1.11 bits per heavy atom. The third-order valence-electron chi connectivity index (χ3n) is 3.77. The molecular weight excluding hydrogens is 234 g/mol. The van der Waals surface area contributed by atoms with Crippen molar-refractivity contribution in [3.05, 3.63) is 29.8 Å². The maximum Gasteiger partial charge on any atom is 0.128 e. The summed E-state index contributed by atoms with van der Waals surface area (Å²) in [5, 5.41) is 3.52. The summed E-state index contributed by atoms with van der Waals surface area (Å²) >= 11 is 0. The van der Waals surface area contributed by atoms with Gasteiger partial charge in [-0.1, -0.05) is 0 Å². The third kappa shape index (κ3) is 2.80. The van der Waals surface area contributed by atoms with Gasteiger partial charge in [-0.15, -0.1) is 0 Å². The van der Waals surface area contributed by atoms with Crippen molar-refractivity contribution in [2.75, 3.05) is 24.5 Å². The van der Waals surface area contributed by atoms with E-state index in [1.165, 1.54) is 25.0 Å². The molecule has 3 rings (SSSR count). The Labute approximate surface area is 106 Å². The Kier molecular flexibility index (Phi) is 3.20. The van der Waals surface area contributed by atoms with E-state index in [1.807, 2.05) is 0 Å². The van der Waals surface area contributed by atoms with Crippen LogP contribution in [-0.4, -0.2) is 25.7 Å². The van der Waals surface area contributed by atoms with Crippen LogP contribution in [-0.2, 0) is 0 Å². The zero-order valence-corrected chi connectivity index (χ0v) is 10.3. The number of hydrogen-bond donors (Lipinski definition) is 1. The predicted molar refractivity (Wildman–Crippen MR) is 67.7 cm³/mol. The van der Waals surface area contributed by atoms with Crippen molar-refractivity contribution in [2.45, 2.75) is 25.3 Å². The fourth-order valence-corrected chi connectivity index (χ4v) is 2.58. The van der Waals surface area contributed by atoms with Crippen molar-refractivity contribution in [3.8, 4) is 0 Å². The van der Waals surface area contributed by atoms with Crippen LogP contribution in [0.4, 0.5) is 14.5 Å². The zero-order valence-electron chi connectivity index (χ0n) is 10.3. The second kappa shape index (κ2) is 4.84. The fraction of sp³-hybridized carbons (Fsp3) is 0.571. The first-order chi connectivity index (χ1) is 8.70. The fourth-order valence-electron chi connectivity index (χ4n) is 2.58. The highest BCUT2D eigenvalue weighted by Crippen LogP contribution is 2.26. The van der Waals surface area contributed by atoms with E-state index in [0.29, 0.717) is 11.6 Å². The van der Waals surface area contributed by atoms with E-state index in [4.69, 9.17) is 0 Å². The van der Waals surface area contributed by atoms with Crippen LogP contribution in [0.25, 0.3) is 0 Å². The van der Waals surface area contributed by atoms with Gasteiger partial charge in [0.25, 0.3) is 0 Å². The van der Waals surface area contributed by atoms with E-state index >= 15 is 0 Å². The quantitative estimate of drug-likeness (QED) is 0.886. The van der Waals surface area contributed by atoms with Crippen molar-refractivity contribution in [1.29, 1.82) is 0 Å². The first-order valence-corrected chi connectivity index (χ1v) is 6.65. The Hall–Kier alpha value is -1.16. The van der Waals surface area contributed by atoms with Crippen LogP contribution >= 0.6 is 0 Å². The molecule has 1 saturated heterocycles. The first-order valence-electron chi connectivity index (χ1n) is 6.65. The van der Waals surface area contributed by atoms with Gasteiger partial charge in [-0.05, 0) is 43.9 Å². The molecule has 1 aromatic rings. The number of benzene rings is 1. The number of nitrogens with one attached hydrogen (secondary N) is 1. The van der Waals surface area contributed by atoms with Crippen molar-refractivity contribution >= 4 is 5.69 Å². The average molecular weight is 252 g/mol. The van der Waals surface area contributed by atoms with Crippen LogP contribution in [0.1, 0.15) is 19.3 Å². The summed E-state index contributed by atoms with van der Waals surface area (Å²) in [6, 6.07) is 4.48. The first kappa shape index (κ1) is 11.9. The molecule has 1 saturated carbocycles. The lowest BCUT2D eigenvalue weighted by molar-refractivity contribution is 0.515. The summed E-state index contributed by atoms with van der Waals surface area (Å²) < 4.78 is 26.3. The van der Waals surface area contributed by atoms with E-state index < -0.39 is 11.6 Å². The summed E-state index contributed by atoms with van der Waals surface area (Å²) in [6.45, 7) is 2.81. The molecule has 0 spiro atoms. The molecule has 0 amide bonds. The number of rotatable bonds is 4. The van der Waals surface area contributed by atoms with Crippen molar-refractivity contribution in [1.82, 2.24) is 5.32 Å². The van der Waals surface area contributed by atoms with Crippen LogP contribution in [0.2, 0.25) is 0 Å². The minimum Gasteiger partial charge on any atom is -0.371 e. The van der Waals surface area contributed by atoms with E-state index in [9.17, 15) is 8.78 Å². The predicted octanol–water partition coefficient (Wildman–Crippen LogP) is 2.54. The lowest BCUT2D eigenvalue weighted by atomic mass is 10.1. The Morgan fingerprint density at radius 3 is 2.50 bits per heavy atom. The van der Waals surface area contributed by atoms with Gasteiger partial charge in [-0.25, -0.2) is 8.78 Å². The molecule has 2 nitrogen and oxygen atoms in total. The van der Waals surface area contributed by atoms with E-state index in [0.717, 1.165) is 38.2 Å². The number of hydrogen-bond acceptors (Lipinski definition) is 2. The number of halogens is 2. The topological polar surface area (TPSA) is 15.3 Å². The van der Waals surface area contributed by atoms with Gasteiger partial charge in [0, 0.05) is 30.9 Å². The van der Waals surface area contributed by atoms with Crippen LogP contribution < -0.4 is 10.2 Å². The van der Waals surface area contributed by atoms with Crippen molar-refractivity contribution in [2.24, 2.45) is 5.92 Å². The Bertz CT molecular complexity index is 412. The normalized spacial score (nSPS) is 23.7. The molecule has 98 valence electrons. The standard InChI is InChI=1S/C14H18F2N2/c15-11-5-12(16)7-14(6-11)18-4-3-10(9-18)8-17-13-1-2-13/h5-7,10,13,17H,1-4,8-9H2. The summed E-state index contributed by atoms with van der Waals surface area (Å²) in [7, 11) is 0. The second-order valence-corrected chi connectivity index (χ2v) is 5.41. The third-order valence-corrected chi connectivity index (χ3v) is 3.77. The second-order valence-electron chi connectivity index (χ2n) is 5.41. The van der Waals surface area contributed by atoms with Gasteiger partial charge >= 0.3 is 0 Å². The van der Waals surface area contributed by atoms with Crippen molar-refractivity contribution < 1.29 is 8.78 Å². The molecule has 2 aliphatic rings. The minimum absolute atomic E-state index is 0.496. The molecule has 0 aromatic heterocycles. The highest BCUT2D eigenvalue weighted by molar-refractivity contribution is 5.47. The van der Waals surface area contributed by atoms with E-state index in [-0.39, 0.29) is 0 Å². The summed E-state index contributed by atoms with van der Waals surface area (Å²) in [6.07, 6.45) is 3.69. The summed E-state index contributed by atoms with van der Waals surface area (Å²) in [5.41, 5.74) is 0.668. The van der Waals surface area contributed by atoms with E-state index in [2.05, 4.69) is 10.2 Å². The lowest BCUT2D eigenvalue weighted by Crippen LogP contribution is -2.27. The molecule has 2 fully saturated rings. The molecule has 1 aromatic carbocycles. The molecule has 18 heavy (non-hydrogen) atoms. The minimum atomic E-state index is -0.496. The maximum absolute atomic E-state index is 13.2. The van der Waals surface area contributed by atoms with Crippen LogP contribution in [0.15, 0.2) is 18.2 Å². The lowest BCUT2D eigenvalue weighted by Gasteiger charge is -2.19. The number of anilines is 1. The SMILES string of the molecule is Fc1cc(F)cc(N2CCC(CNC3CC3)C2)c1. The average Bonchev–Trinajstić information content (AvgIpc) is 3.02. The molecular formula is C14H18F2N2. The highest BCUT2D eigenvalue weighted by atomic mass is 19.1. The van der Waals surface area contributed by atoms with Crippen LogP contribution in [0.5, 0.6) is 0 Å². The number of nitrogens with zero attached hydrogens (tertiary/aromatic N) is 1. The van der Waals surface area contributed by atoms with Gasteiger partial charge in [0.05, 0.1) is 0 Å². The Balaban J connectivity index is 1.59. The molecule has 0 radical (unpaired) electrons.